The van der Waals surface area contributed by atoms with Crippen LogP contribution in [-0.2, 0) is 14.8 Å². The highest BCUT2D eigenvalue weighted by Gasteiger charge is 2.14. The van der Waals surface area contributed by atoms with Crippen molar-refractivity contribution in [3.05, 3.63) is 95.6 Å². The van der Waals surface area contributed by atoms with E-state index >= 15 is 0 Å². The third-order valence-corrected chi connectivity index (χ3v) is 5.75. The van der Waals surface area contributed by atoms with Crippen molar-refractivity contribution in [1.82, 2.24) is 10.1 Å². The van der Waals surface area contributed by atoms with Crippen LogP contribution in [0.4, 0.5) is 0 Å². The van der Waals surface area contributed by atoms with E-state index in [0.29, 0.717) is 16.9 Å². The van der Waals surface area contributed by atoms with E-state index in [1.165, 1.54) is 18.3 Å². The number of carbonyl (C=O) groups excluding carboxylic acids is 2. The summed E-state index contributed by atoms with van der Waals surface area (Å²) in [5.41, 5.74) is 4.20. The molecule has 0 saturated carbocycles. The van der Waals surface area contributed by atoms with Gasteiger partial charge in [-0.15, -0.1) is 0 Å². The van der Waals surface area contributed by atoms with Crippen LogP contribution in [0.25, 0.3) is 0 Å². The Labute approximate surface area is 186 Å². The molecule has 0 aliphatic rings. The van der Waals surface area contributed by atoms with Gasteiger partial charge in [-0.05, 0) is 60.5 Å². The molecular weight excluding hydrogens is 430 g/mol. The minimum absolute atomic E-state index is 0.0690. The second-order valence-electron chi connectivity index (χ2n) is 6.70. The molecule has 0 bridgehead atoms. The van der Waals surface area contributed by atoms with E-state index in [1.807, 2.05) is 19.1 Å². The summed E-state index contributed by atoms with van der Waals surface area (Å²) in [5, 5.41) is 3.80. The van der Waals surface area contributed by atoms with Crippen LogP contribution in [-0.4, -0.2) is 33.1 Å². The molecule has 0 spiro atoms. The summed E-state index contributed by atoms with van der Waals surface area (Å²) in [6, 6.07) is 21.4. The van der Waals surface area contributed by atoms with Crippen molar-refractivity contribution in [2.75, 3.05) is 6.54 Å². The van der Waals surface area contributed by atoms with Gasteiger partial charge in [-0.25, -0.2) is 23.4 Å². The minimum atomic E-state index is -3.77. The van der Waals surface area contributed by atoms with Crippen molar-refractivity contribution in [2.24, 2.45) is 5.10 Å². The third-order valence-electron chi connectivity index (χ3n) is 4.33. The van der Waals surface area contributed by atoms with Crippen LogP contribution in [0.5, 0.6) is 5.75 Å². The number of hydrogen-bond donors (Lipinski definition) is 2. The molecular formula is C23H21N3O5S. The zero-order valence-electron chi connectivity index (χ0n) is 17.2. The first-order valence-corrected chi connectivity index (χ1v) is 11.1. The standard InChI is InChI=1S/C23H21N3O5S/c1-17-7-5-6-10-21(17)23(28)31-19-13-11-18(12-14-19)15-24-26-22(27)16-25-32(29,30)20-8-3-2-4-9-20/h2-15,25H,16H2,1H3,(H,26,27). The molecule has 3 aromatic carbocycles. The fraction of sp³-hybridized carbons (Fsp3) is 0.0870. The van der Waals surface area contributed by atoms with Crippen molar-refractivity contribution in [3.63, 3.8) is 0 Å². The van der Waals surface area contributed by atoms with Gasteiger partial charge in [-0.2, -0.15) is 5.10 Å². The molecule has 3 aromatic rings. The Morgan fingerprint density at radius 1 is 0.938 bits per heavy atom. The largest absolute Gasteiger partial charge is 0.423 e. The summed E-state index contributed by atoms with van der Waals surface area (Å²) in [4.78, 5) is 24.2. The summed E-state index contributed by atoms with van der Waals surface area (Å²) in [7, 11) is -3.77. The lowest BCUT2D eigenvalue weighted by Crippen LogP contribution is -2.34. The summed E-state index contributed by atoms with van der Waals surface area (Å²) >= 11 is 0. The first-order chi connectivity index (χ1) is 15.3. The van der Waals surface area contributed by atoms with E-state index in [0.717, 1.165) is 5.56 Å². The summed E-state index contributed by atoms with van der Waals surface area (Å²) in [6.07, 6.45) is 1.39. The summed E-state index contributed by atoms with van der Waals surface area (Å²) in [5.74, 6) is -0.700. The van der Waals surface area contributed by atoms with Gasteiger partial charge in [0.1, 0.15) is 5.75 Å². The maximum Gasteiger partial charge on any atom is 0.343 e. The monoisotopic (exact) mass is 451 g/mol. The van der Waals surface area contributed by atoms with Crippen molar-refractivity contribution in [3.8, 4) is 5.75 Å². The predicted molar refractivity (Wildman–Crippen MR) is 120 cm³/mol. The number of esters is 1. The molecule has 9 heteroatoms. The minimum Gasteiger partial charge on any atom is -0.423 e. The normalized spacial score (nSPS) is 11.3. The highest BCUT2D eigenvalue weighted by molar-refractivity contribution is 7.89. The molecule has 2 N–H and O–H groups in total. The van der Waals surface area contributed by atoms with Gasteiger partial charge >= 0.3 is 5.97 Å². The van der Waals surface area contributed by atoms with Crippen molar-refractivity contribution < 1.29 is 22.7 Å². The number of ether oxygens (including phenoxy) is 1. The number of nitrogens with one attached hydrogen (secondary N) is 2. The number of amides is 1. The molecule has 3 rings (SSSR count). The second kappa shape index (κ2) is 10.5. The fourth-order valence-corrected chi connectivity index (χ4v) is 3.65. The van der Waals surface area contributed by atoms with E-state index in [1.54, 1.807) is 54.6 Å². The number of benzene rings is 3. The van der Waals surface area contributed by atoms with E-state index in [-0.39, 0.29) is 4.90 Å². The Balaban J connectivity index is 1.49. The number of carbonyl (C=O) groups is 2. The van der Waals surface area contributed by atoms with Gasteiger partial charge < -0.3 is 4.74 Å². The molecule has 1 amide bonds. The Morgan fingerprint density at radius 3 is 2.28 bits per heavy atom. The fourth-order valence-electron chi connectivity index (χ4n) is 2.65. The number of hydrazone groups is 1. The molecule has 32 heavy (non-hydrogen) atoms. The van der Waals surface area contributed by atoms with Crippen LogP contribution in [0.3, 0.4) is 0 Å². The van der Waals surface area contributed by atoms with Crippen molar-refractivity contribution in [1.29, 1.82) is 0 Å². The lowest BCUT2D eigenvalue weighted by Gasteiger charge is -2.07. The molecule has 0 unspecified atom stereocenters. The topological polar surface area (TPSA) is 114 Å². The van der Waals surface area contributed by atoms with Gasteiger partial charge in [0.2, 0.25) is 10.0 Å². The number of sulfonamides is 1. The van der Waals surface area contributed by atoms with Gasteiger partial charge in [-0.1, -0.05) is 36.4 Å². The van der Waals surface area contributed by atoms with Crippen molar-refractivity contribution in [2.45, 2.75) is 11.8 Å². The van der Waals surface area contributed by atoms with Crippen LogP contribution in [0, 0.1) is 6.92 Å². The van der Waals surface area contributed by atoms with Crippen molar-refractivity contribution >= 4 is 28.1 Å². The third kappa shape index (κ3) is 6.34. The van der Waals surface area contributed by atoms with Crippen LogP contribution in [0.1, 0.15) is 21.5 Å². The van der Waals surface area contributed by atoms with Crippen LogP contribution in [0.15, 0.2) is 88.9 Å². The Kier molecular flexibility index (Phi) is 7.48. The second-order valence-corrected chi connectivity index (χ2v) is 8.47. The molecule has 0 aliphatic heterocycles. The highest BCUT2D eigenvalue weighted by atomic mass is 32.2. The first kappa shape index (κ1) is 22.9. The Morgan fingerprint density at radius 2 is 1.59 bits per heavy atom. The molecule has 0 fully saturated rings. The maximum absolute atomic E-state index is 12.2. The number of nitrogens with zero attached hydrogens (tertiary/aromatic N) is 1. The van der Waals surface area contributed by atoms with Crippen LogP contribution < -0.4 is 14.9 Å². The SMILES string of the molecule is Cc1ccccc1C(=O)Oc1ccc(C=NNC(=O)CNS(=O)(=O)c2ccccc2)cc1. The van der Waals surface area contributed by atoms with Crippen LogP contribution >= 0.6 is 0 Å². The Bertz CT molecular complexity index is 1220. The molecule has 0 radical (unpaired) electrons. The maximum atomic E-state index is 12.2. The van der Waals surface area contributed by atoms with E-state index < -0.39 is 28.4 Å². The lowest BCUT2D eigenvalue weighted by molar-refractivity contribution is -0.119. The molecule has 0 saturated heterocycles. The van der Waals surface area contributed by atoms with E-state index in [4.69, 9.17) is 4.74 Å². The predicted octanol–water partition coefficient (Wildman–Crippen LogP) is 2.64. The van der Waals surface area contributed by atoms with Crippen LogP contribution in [0.2, 0.25) is 0 Å². The van der Waals surface area contributed by atoms with Gasteiger partial charge in [0.15, 0.2) is 0 Å². The van der Waals surface area contributed by atoms with E-state index in [9.17, 15) is 18.0 Å². The summed E-state index contributed by atoms with van der Waals surface area (Å²) in [6.45, 7) is 1.37. The molecule has 0 heterocycles. The number of hydrogen-bond acceptors (Lipinski definition) is 6. The van der Waals surface area contributed by atoms with Gasteiger partial charge in [0, 0.05) is 0 Å². The molecule has 8 nitrogen and oxygen atoms in total. The zero-order chi connectivity index (χ0) is 23.0. The molecule has 0 aromatic heterocycles. The smallest absolute Gasteiger partial charge is 0.343 e. The Hall–Kier alpha value is -3.82. The van der Waals surface area contributed by atoms with Gasteiger partial charge in [-0.3, -0.25) is 4.79 Å². The number of rotatable bonds is 8. The first-order valence-electron chi connectivity index (χ1n) is 9.60. The zero-order valence-corrected chi connectivity index (χ0v) is 18.0. The quantitative estimate of drug-likeness (QED) is 0.237. The molecule has 0 atom stereocenters. The summed E-state index contributed by atoms with van der Waals surface area (Å²) < 4.78 is 31.7. The molecule has 164 valence electrons. The average Bonchev–Trinajstić information content (AvgIpc) is 2.80. The average molecular weight is 452 g/mol. The van der Waals surface area contributed by atoms with E-state index in [2.05, 4.69) is 15.2 Å². The number of aryl methyl sites for hydroxylation is 1. The lowest BCUT2D eigenvalue weighted by atomic mass is 10.1. The van der Waals surface area contributed by atoms with Gasteiger partial charge in [0.25, 0.3) is 5.91 Å². The highest BCUT2D eigenvalue weighted by Crippen LogP contribution is 2.15. The molecule has 0 aliphatic carbocycles. The van der Waals surface area contributed by atoms with Gasteiger partial charge in [0.05, 0.1) is 23.2 Å².